The molecular formula is C19H34N6O. The van der Waals surface area contributed by atoms with Crippen LogP contribution in [0.2, 0.25) is 0 Å². The van der Waals surface area contributed by atoms with E-state index in [9.17, 15) is 0 Å². The van der Waals surface area contributed by atoms with E-state index in [-0.39, 0.29) is 6.10 Å². The second kappa shape index (κ2) is 10.3. The number of ether oxygens (including phenoxy) is 1. The second-order valence-electron chi connectivity index (χ2n) is 7.37. The van der Waals surface area contributed by atoms with Crippen LogP contribution in [0.5, 0.6) is 0 Å². The van der Waals surface area contributed by atoms with Gasteiger partial charge in [-0.3, -0.25) is 9.89 Å². The highest BCUT2D eigenvalue weighted by Crippen LogP contribution is 2.09. The molecule has 1 aliphatic heterocycles. The molecule has 26 heavy (non-hydrogen) atoms. The zero-order chi connectivity index (χ0) is 18.9. The number of nitrogens with zero attached hydrogens (tertiary/aromatic N) is 4. The molecular weight excluding hydrogens is 328 g/mol. The lowest BCUT2D eigenvalue weighted by Gasteiger charge is -2.34. The molecule has 1 aliphatic rings. The average Bonchev–Trinajstić information content (AvgIpc) is 2.62. The van der Waals surface area contributed by atoms with Crippen molar-refractivity contribution in [2.75, 3.05) is 58.8 Å². The van der Waals surface area contributed by atoms with Crippen molar-refractivity contribution in [1.82, 2.24) is 20.5 Å². The van der Waals surface area contributed by atoms with Crippen LogP contribution in [0.15, 0.2) is 23.3 Å². The van der Waals surface area contributed by atoms with E-state index in [0.717, 1.165) is 44.6 Å². The number of hydrogen-bond acceptors (Lipinski definition) is 5. The number of pyridine rings is 1. The predicted octanol–water partition coefficient (Wildman–Crippen LogP) is 1.17. The maximum Gasteiger partial charge on any atom is 0.191 e. The summed E-state index contributed by atoms with van der Waals surface area (Å²) in [5, 5.41) is 6.74. The van der Waals surface area contributed by atoms with Crippen molar-refractivity contribution in [3.63, 3.8) is 0 Å². The van der Waals surface area contributed by atoms with Crippen molar-refractivity contribution in [1.29, 1.82) is 0 Å². The standard InChI is InChI=1S/C19H34N6O/c1-15(2)13-25-8-9-26-17(14-25)12-23-19(20-3)22-11-16-6-7-21-18(10-16)24(4)5/h6-7,10,15,17H,8-9,11-14H2,1-5H3,(H2,20,22,23). The van der Waals surface area contributed by atoms with Crippen molar-refractivity contribution in [3.05, 3.63) is 23.9 Å². The SMILES string of the molecule is CN=C(NCc1ccnc(N(C)C)c1)NCC1CN(CC(C)C)CCO1. The largest absolute Gasteiger partial charge is 0.374 e. The van der Waals surface area contributed by atoms with Crippen molar-refractivity contribution in [2.45, 2.75) is 26.5 Å². The molecule has 1 unspecified atom stereocenters. The first-order valence-corrected chi connectivity index (χ1v) is 9.38. The molecule has 2 rings (SSSR count). The van der Waals surface area contributed by atoms with E-state index < -0.39 is 0 Å². The van der Waals surface area contributed by atoms with Gasteiger partial charge in [-0.1, -0.05) is 13.8 Å². The smallest absolute Gasteiger partial charge is 0.191 e. The fourth-order valence-electron chi connectivity index (χ4n) is 3.02. The quantitative estimate of drug-likeness (QED) is 0.561. The Morgan fingerprint density at radius 3 is 2.92 bits per heavy atom. The number of nitrogens with one attached hydrogen (secondary N) is 2. The molecule has 0 aromatic carbocycles. The lowest BCUT2D eigenvalue weighted by atomic mass is 10.2. The minimum atomic E-state index is 0.197. The molecule has 7 nitrogen and oxygen atoms in total. The van der Waals surface area contributed by atoms with Crippen LogP contribution < -0.4 is 15.5 Å². The van der Waals surface area contributed by atoms with Crippen LogP contribution in [-0.4, -0.2) is 75.9 Å². The summed E-state index contributed by atoms with van der Waals surface area (Å²) in [4.78, 5) is 13.1. The summed E-state index contributed by atoms with van der Waals surface area (Å²) in [6, 6.07) is 4.09. The summed E-state index contributed by atoms with van der Waals surface area (Å²) in [7, 11) is 5.78. The fourth-order valence-corrected chi connectivity index (χ4v) is 3.02. The van der Waals surface area contributed by atoms with Crippen LogP contribution in [0.1, 0.15) is 19.4 Å². The normalized spacial score (nSPS) is 18.8. The third kappa shape index (κ3) is 6.80. The number of aliphatic imine (C=N–C) groups is 1. The maximum absolute atomic E-state index is 5.89. The fraction of sp³-hybridized carbons (Fsp3) is 0.684. The van der Waals surface area contributed by atoms with Crippen molar-refractivity contribution >= 4 is 11.8 Å². The zero-order valence-corrected chi connectivity index (χ0v) is 16.8. The molecule has 2 heterocycles. The molecule has 1 aromatic rings. The predicted molar refractivity (Wildman–Crippen MR) is 108 cm³/mol. The lowest BCUT2D eigenvalue weighted by Crippen LogP contribution is -2.50. The summed E-state index contributed by atoms with van der Waals surface area (Å²) >= 11 is 0. The summed E-state index contributed by atoms with van der Waals surface area (Å²) < 4.78 is 5.89. The molecule has 1 saturated heterocycles. The Labute approximate surface area is 157 Å². The third-order valence-corrected chi connectivity index (χ3v) is 4.30. The third-order valence-electron chi connectivity index (χ3n) is 4.30. The minimum Gasteiger partial charge on any atom is -0.374 e. The van der Waals surface area contributed by atoms with Crippen LogP contribution in [0.3, 0.4) is 0 Å². The van der Waals surface area contributed by atoms with Crippen LogP contribution in [0.25, 0.3) is 0 Å². The van der Waals surface area contributed by atoms with Gasteiger partial charge in [0.05, 0.1) is 12.7 Å². The first-order chi connectivity index (χ1) is 12.5. The van der Waals surface area contributed by atoms with Crippen LogP contribution >= 0.6 is 0 Å². The molecule has 146 valence electrons. The van der Waals surface area contributed by atoms with Gasteiger partial charge in [0, 0.05) is 60.1 Å². The zero-order valence-electron chi connectivity index (χ0n) is 16.8. The molecule has 7 heteroatoms. The summed E-state index contributed by atoms with van der Waals surface area (Å²) in [5.74, 6) is 2.43. The molecule has 0 radical (unpaired) electrons. The van der Waals surface area contributed by atoms with Crippen LogP contribution in [-0.2, 0) is 11.3 Å². The van der Waals surface area contributed by atoms with E-state index in [1.165, 1.54) is 5.56 Å². The number of hydrogen-bond donors (Lipinski definition) is 2. The van der Waals surface area contributed by atoms with Gasteiger partial charge >= 0.3 is 0 Å². The van der Waals surface area contributed by atoms with Crippen molar-refractivity contribution in [3.8, 4) is 0 Å². The van der Waals surface area contributed by atoms with Gasteiger partial charge in [0.2, 0.25) is 0 Å². The molecule has 0 spiro atoms. The van der Waals surface area contributed by atoms with Gasteiger partial charge in [0.1, 0.15) is 5.82 Å². The molecule has 0 aliphatic carbocycles. The number of morpholine rings is 1. The van der Waals surface area contributed by atoms with Crippen LogP contribution in [0, 0.1) is 5.92 Å². The summed E-state index contributed by atoms with van der Waals surface area (Å²) in [6.07, 6.45) is 2.03. The molecule has 0 saturated carbocycles. The summed E-state index contributed by atoms with van der Waals surface area (Å²) in [6.45, 7) is 9.90. The molecule has 0 bridgehead atoms. The van der Waals surface area contributed by atoms with Gasteiger partial charge in [-0.05, 0) is 23.6 Å². The highest BCUT2D eigenvalue weighted by molar-refractivity contribution is 5.79. The lowest BCUT2D eigenvalue weighted by molar-refractivity contribution is -0.0284. The molecule has 1 atom stereocenters. The van der Waals surface area contributed by atoms with E-state index in [2.05, 4.69) is 45.4 Å². The maximum atomic E-state index is 5.89. The number of rotatable bonds is 7. The van der Waals surface area contributed by atoms with E-state index in [1.807, 2.05) is 31.3 Å². The van der Waals surface area contributed by atoms with E-state index in [0.29, 0.717) is 12.5 Å². The summed E-state index contributed by atoms with van der Waals surface area (Å²) in [5.41, 5.74) is 1.17. The van der Waals surface area contributed by atoms with E-state index >= 15 is 0 Å². The Hall–Kier alpha value is -1.86. The van der Waals surface area contributed by atoms with Crippen LogP contribution in [0.4, 0.5) is 5.82 Å². The first kappa shape index (κ1) is 20.5. The van der Waals surface area contributed by atoms with Gasteiger partial charge in [-0.25, -0.2) is 4.98 Å². The number of guanidine groups is 1. The Balaban J connectivity index is 1.78. The van der Waals surface area contributed by atoms with Gasteiger partial charge in [-0.15, -0.1) is 0 Å². The Morgan fingerprint density at radius 1 is 1.42 bits per heavy atom. The molecule has 1 fully saturated rings. The van der Waals surface area contributed by atoms with Gasteiger partial charge < -0.3 is 20.3 Å². The Kier molecular flexibility index (Phi) is 8.12. The van der Waals surface area contributed by atoms with E-state index in [4.69, 9.17) is 4.74 Å². The number of aromatic nitrogens is 1. The van der Waals surface area contributed by atoms with Gasteiger partial charge in [0.15, 0.2) is 5.96 Å². The average molecular weight is 363 g/mol. The Bertz CT molecular complexity index is 575. The number of anilines is 1. The molecule has 0 amide bonds. The molecule has 1 aromatic heterocycles. The van der Waals surface area contributed by atoms with E-state index in [1.54, 1.807) is 7.05 Å². The van der Waals surface area contributed by atoms with Gasteiger partial charge in [0.25, 0.3) is 0 Å². The van der Waals surface area contributed by atoms with Gasteiger partial charge in [-0.2, -0.15) is 0 Å². The Morgan fingerprint density at radius 2 is 2.23 bits per heavy atom. The van der Waals surface area contributed by atoms with Crippen molar-refractivity contribution in [2.24, 2.45) is 10.9 Å². The second-order valence-corrected chi connectivity index (χ2v) is 7.37. The minimum absolute atomic E-state index is 0.197. The topological polar surface area (TPSA) is 65.0 Å². The molecule has 2 N–H and O–H groups in total. The highest BCUT2D eigenvalue weighted by Gasteiger charge is 2.21. The van der Waals surface area contributed by atoms with Crippen molar-refractivity contribution < 1.29 is 4.74 Å². The highest BCUT2D eigenvalue weighted by atomic mass is 16.5. The monoisotopic (exact) mass is 362 g/mol. The first-order valence-electron chi connectivity index (χ1n) is 9.38.